The Morgan fingerprint density at radius 3 is 2.53 bits per heavy atom. The van der Waals surface area contributed by atoms with Crippen molar-refractivity contribution in [2.45, 2.75) is 25.0 Å². The first-order valence-electron chi connectivity index (χ1n) is 4.24. The topological polar surface area (TPSA) is 85.3 Å². The molecule has 5 nitrogen and oxygen atoms in total. The van der Waals surface area contributed by atoms with E-state index in [0.717, 1.165) is 0 Å². The van der Waals surface area contributed by atoms with Gasteiger partial charge in [0.15, 0.2) is 0 Å². The molecular formula is C8H15ClN2O3S. The van der Waals surface area contributed by atoms with E-state index in [1.54, 1.807) is 19.9 Å². The van der Waals surface area contributed by atoms with E-state index in [1.165, 1.54) is 6.07 Å². The SMILES string of the molecule is Cc1ccc(S(=O)(=O)N[C@H](C)CN)o1.Cl. The highest BCUT2D eigenvalue weighted by Crippen LogP contribution is 2.12. The second-order valence-electron chi connectivity index (χ2n) is 3.12. The van der Waals surface area contributed by atoms with Crippen molar-refractivity contribution in [1.29, 1.82) is 0 Å². The molecule has 1 aromatic heterocycles. The molecule has 88 valence electrons. The van der Waals surface area contributed by atoms with Gasteiger partial charge in [-0.2, -0.15) is 0 Å². The average Bonchev–Trinajstić information content (AvgIpc) is 2.51. The molecule has 3 N–H and O–H groups in total. The second-order valence-corrected chi connectivity index (χ2v) is 4.77. The van der Waals surface area contributed by atoms with Crippen molar-refractivity contribution in [1.82, 2.24) is 4.72 Å². The molecule has 0 amide bonds. The molecule has 0 spiro atoms. The van der Waals surface area contributed by atoms with Gasteiger partial charge in [0.1, 0.15) is 5.76 Å². The predicted molar refractivity (Wildman–Crippen MR) is 59.5 cm³/mol. The molecule has 0 bridgehead atoms. The van der Waals surface area contributed by atoms with Gasteiger partial charge in [-0.05, 0) is 26.0 Å². The largest absolute Gasteiger partial charge is 0.449 e. The van der Waals surface area contributed by atoms with Crippen LogP contribution in [0.5, 0.6) is 0 Å². The molecule has 1 aromatic rings. The molecule has 0 aliphatic rings. The van der Waals surface area contributed by atoms with Crippen LogP contribution in [0.3, 0.4) is 0 Å². The number of halogens is 1. The number of sulfonamides is 1. The minimum Gasteiger partial charge on any atom is -0.449 e. The maximum Gasteiger partial charge on any atom is 0.274 e. The zero-order chi connectivity index (χ0) is 10.8. The van der Waals surface area contributed by atoms with Crippen molar-refractivity contribution in [3.8, 4) is 0 Å². The van der Waals surface area contributed by atoms with Crippen molar-refractivity contribution < 1.29 is 12.8 Å². The Morgan fingerprint density at radius 1 is 1.53 bits per heavy atom. The van der Waals surface area contributed by atoms with Crippen LogP contribution < -0.4 is 10.5 Å². The highest BCUT2D eigenvalue weighted by molar-refractivity contribution is 7.89. The van der Waals surface area contributed by atoms with Crippen molar-refractivity contribution in [3.05, 3.63) is 17.9 Å². The van der Waals surface area contributed by atoms with Gasteiger partial charge in [-0.25, -0.2) is 13.1 Å². The molecule has 1 rings (SSSR count). The molecule has 15 heavy (non-hydrogen) atoms. The number of furan rings is 1. The van der Waals surface area contributed by atoms with Crippen LogP contribution in [0.25, 0.3) is 0 Å². The van der Waals surface area contributed by atoms with Crippen LogP contribution in [-0.4, -0.2) is 21.0 Å². The average molecular weight is 255 g/mol. The van der Waals surface area contributed by atoms with Crippen LogP contribution in [-0.2, 0) is 10.0 Å². The summed E-state index contributed by atoms with van der Waals surface area (Å²) < 4.78 is 30.5. The Labute approximate surface area is 95.5 Å². The lowest BCUT2D eigenvalue weighted by molar-refractivity contribution is 0.422. The highest BCUT2D eigenvalue weighted by atomic mass is 35.5. The lowest BCUT2D eigenvalue weighted by Crippen LogP contribution is -2.37. The summed E-state index contributed by atoms with van der Waals surface area (Å²) in [6.07, 6.45) is 0. The number of hydrogen-bond donors (Lipinski definition) is 2. The first-order chi connectivity index (χ1) is 6.45. The third-order valence-electron chi connectivity index (χ3n) is 1.69. The van der Waals surface area contributed by atoms with Gasteiger partial charge in [0.2, 0.25) is 5.09 Å². The molecule has 0 saturated heterocycles. The van der Waals surface area contributed by atoms with Gasteiger partial charge >= 0.3 is 0 Å². The van der Waals surface area contributed by atoms with Crippen LogP contribution in [0.4, 0.5) is 0 Å². The van der Waals surface area contributed by atoms with Gasteiger partial charge in [0.25, 0.3) is 10.0 Å². The van der Waals surface area contributed by atoms with E-state index in [9.17, 15) is 8.42 Å². The third kappa shape index (κ3) is 3.83. The van der Waals surface area contributed by atoms with Gasteiger partial charge < -0.3 is 10.2 Å². The monoisotopic (exact) mass is 254 g/mol. The number of rotatable bonds is 4. The van der Waals surface area contributed by atoms with E-state index in [1.807, 2.05) is 0 Å². The fraction of sp³-hybridized carbons (Fsp3) is 0.500. The molecule has 0 aliphatic heterocycles. The molecule has 0 radical (unpaired) electrons. The molecule has 0 unspecified atom stereocenters. The first kappa shape index (κ1) is 14.4. The fourth-order valence-corrected chi connectivity index (χ4v) is 2.16. The van der Waals surface area contributed by atoms with Crippen LogP contribution >= 0.6 is 12.4 Å². The van der Waals surface area contributed by atoms with Crippen molar-refractivity contribution in [2.24, 2.45) is 5.73 Å². The summed E-state index contributed by atoms with van der Waals surface area (Å²) in [6, 6.07) is 2.72. The van der Waals surface area contributed by atoms with Crippen LogP contribution in [0, 0.1) is 6.92 Å². The first-order valence-corrected chi connectivity index (χ1v) is 5.73. The zero-order valence-corrected chi connectivity index (χ0v) is 10.2. The second kappa shape index (κ2) is 5.50. The van der Waals surface area contributed by atoms with Crippen molar-refractivity contribution in [3.63, 3.8) is 0 Å². The summed E-state index contributed by atoms with van der Waals surface area (Å²) in [6.45, 7) is 3.62. The van der Waals surface area contributed by atoms with E-state index in [4.69, 9.17) is 10.2 Å². The van der Waals surface area contributed by atoms with Gasteiger partial charge in [0, 0.05) is 12.6 Å². The molecule has 1 heterocycles. The summed E-state index contributed by atoms with van der Waals surface area (Å²) >= 11 is 0. The van der Waals surface area contributed by atoms with Gasteiger partial charge in [0.05, 0.1) is 0 Å². The van der Waals surface area contributed by atoms with Gasteiger partial charge in [-0.3, -0.25) is 0 Å². The Kier molecular flexibility index (Phi) is 5.30. The summed E-state index contributed by atoms with van der Waals surface area (Å²) in [4.78, 5) is 0. The highest BCUT2D eigenvalue weighted by Gasteiger charge is 2.19. The van der Waals surface area contributed by atoms with Gasteiger partial charge in [-0.1, -0.05) is 0 Å². The molecule has 7 heteroatoms. The molecule has 0 fully saturated rings. The zero-order valence-electron chi connectivity index (χ0n) is 8.56. The van der Waals surface area contributed by atoms with Crippen LogP contribution in [0.2, 0.25) is 0 Å². The quantitative estimate of drug-likeness (QED) is 0.826. The minimum absolute atomic E-state index is 0. The lowest BCUT2D eigenvalue weighted by atomic mass is 10.4. The van der Waals surface area contributed by atoms with Crippen LogP contribution in [0.15, 0.2) is 21.6 Å². The molecule has 0 saturated carbocycles. The number of aryl methyl sites for hydroxylation is 1. The molecular weight excluding hydrogens is 240 g/mol. The van der Waals surface area contributed by atoms with E-state index in [0.29, 0.717) is 5.76 Å². The normalized spacial score (nSPS) is 13.3. The van der Waals surface area contributed by atoms with Gasteiger partial charge in [-0.15, -0.1) is 12.4 Å². The Bertz CT molecular complexity index is 402. The third-order valence-corrected chi connectivity index (χ3v) is 3.15. The van der Waals surface area contributed by atoms with E-state index in [-0.39, 0.29) is 30.1 Å². The fourth-order valence-electron chi connectivity index (χ4n) is 0.928. The Balaban J connectivity index is 0.00000196. The standard InChI is InChI=1S/C8H14N2O3S.ClH/c1-6(5-9)10-14(11,12)8-4-3-7(2)13-8;/h3-4,6,10H,5,9H2,1-2H3;1H/t6-;/m1./s1. The number of nitrogens with two attached hydrogens (primary N) is 1. The van der Waals surface area contributed by atoms with Crippen molar-refractivity contribution >= 4 is 22.4 Å². The van der Waals surface area contributed by atoms with Crippen LogP contribution in [0.1, 0.15) is 12.7 Å². The maximum atomic E-state index is 11.6. The summed E-state index contributed by atoms with van der Waals surface area (Å²) in [5.74, 6) is 0.561. The van der Waals surface area contributed by atoms with E-state index < -0.39 is 10.0 Å². The van der Waals surface area contributed by atoms with E-state index >= 15 is 0 Å². The summed E-state index contributed by atoms with van der Waals surface area (Å²) in [5, 5.41) is -0.0738. The molecule has 0 aliphatic carbocycles. The smallest absolute Gasteiger partial charge is 0.274 e. The lowest BCUT2D eigenvalue weighted by Gasteiger charge is -2.09. The number of nitrogens with one attached hydrogen (secondary N) is 1. The Hall–Kier alpha value is -0.560. The summed E-state index contributed by atoms with van der Waals surface area (Å²) in [7, 11) is -3.55. The van der Waals surface area contributed by atoms with E-state index in [2.05, 4.69) is 4.72 Å². The molecule has 1 atom stereocenters. The summed E-state index contributed by atoms with van der Waals surface area (Å²) in [5.41, 5.74) is 5.30. The Morgan fingerprint density at radius 2 is 2.13 bits per heavy atom. The number of hydrogen-bond acceptors (Lipinski definition) is 4. The molecule has 0 aromatic carbocycles. The predicted octanol–water partition coefficient (Wildman–Crippen LogP) is 0.635. The van der Waals surface area contributed by atoms with Crippen molar-refractivity contribution in [2.75, 3.05) is 6.54 Å². The maximum absolute atomic E-state index is 11.6. The minimum atomic E-state index is -3.55.